The van der Waals surface area contributed by atoms with E-state index in [0.29, 0.717) is 11.4 Å². The van der Waals surface area contributed by atoms with Gasteiger partial charge in [-0.1, -0.05) is 13.8 Å². The Bertz CT molecular complexity index is 426. The van der Waals surface area contributed by atoms with Gasteiger partial charge in [-0.15, -0.1) is 0 Å². The number of nitrogens with zero attached hydrogens (tertiary/aromatic N) is 1. The summed E-state index contributed by atoms with van der Waals surface area (Å²) in [5.74, 6) is 0.414. The van der Waals surface area contributed by atoms with Gasteiger partial charge >= 0.3 is 0 Å². The molecule has 2 rings (SSSR count). The van der Waals surface area contributed by atoms with Crippen LogP contribution in [0.15, 0.2) is 18.2 Å². The monoisotopic (exact) mass is 280 g/mol. The molecule has 0 atom stereocenters. The quantitative estimate of drug-likeness (QED) is 0.899. The smallest absolute Gasteiger partial charge is 0.150 e. The lowest BCUT2D eigenvalue weighted by Gasteiger charge is -2.32. The Morgan fingerprint density at radius 3 is 2.50 bits per heavy atom. The van der Waals surface area contributed by atoms with Gasteiger partial charge in [0.15, 0.2) is 0 Å². The summed E-state index contributed by atoms with van der Waals surface area (Å²) in [6.07, 6.45) is 3.87. The number of anilines is 1. The van der Waals surface area contributed by atoms with Gasteiger partial charge in [0.2, 0.25) is 0 Å². The Morgan fingerprint density at radius 2 is 1.95 bits per heavy atom. The molecule has 0 aromatic heterocycles. The molecule has 0 radical (unpaired) electrons. The maximum Gasteiger partial charge on any atom is 0.150 e. The fraction of sp³-hybridized carbons (Fsp3) is 0.625. The number of rotatable bonds is 5. The third-order valence-electron chi connectivity index (χ3n) is 4.01. The minimum Gasteiger partial charge on any atom is -0.490 e. The zero-order chi connectivity index (χ0) is 14.5. The summed E-state index contributed by atoms with van der Waals surface area (Å²) in [7, 11) is 0. The second kappa shape index (κ2) is 6.93. The molecule has 2 N–H and O–H groups in total. The van der Waals surface area contributed by atoms with Gasteiger partial charge in [0, 0.05) is 25.2 Å². The number of hydrogen-bond acceptors (Lipinski definition) is 3. The van der Waals surface area contributed by atoms with Crippen LogP contribution in [-0.4, -0.2) is 25.2 Å². The number of piperidine rings is 1. The number of halogens is 1. The lowest BCUT2D eigenvalue weighted by atomic mass is 10.1. The maximum atomic E-state index is 14.2. The Morgan fingerprint density at radius 1 is 1.30 bits per heavy atom. The Balaban J connectivity index is 2.05. The standard InChI is InChI=1S/C16H25FN2O/c1-3-13(4-2)20-14-5-6-16(15(17)11-14)19-9-7-12(18)8-10-19/h5-6,11-13H,3-4,7-10,18H2,1-2H3. The molecule has 1 heterocycles. The van der Waals surface area contributed by atoms with Gasteiger partial charge in [-0.3, -0.25) is 0 Å². The molecule has 0 unspecified atom stereocenters. The van der Waals surface area contributed by atoms with E-state index in [1.54, 1.807) is 0 Å². The summed E-state index contributed by atoms with van der Waals surface area (Å²) in [5.41, 5.74) is 6.54. The molecule has 0 bridgehead atoms. The molecule has 0 aliphatic carbocycles. The Kier molecular flexibility index (Phi) is 5.24. The van der Waals surface area contributed by atoms with E-state index in [2.05, 4.69) is 18.7 Å². The van der Waals surface area contributed by atoms with Crippen molar-refractivity contribution in [3.05, 3.63) is 24.0 Å². The first-order chi connectivity index (χ1) is 9.63. The fourth-order valence-corrected chi connectivity index (χ4v) is 2.61. The summed E-state index contributed by atoms with van der Waals surface area (Å²) in [4.78, 5) is 2.07. The Hall–Kier alpha value is -1.29. The molecule has 1 saturated heterocycles. The van der Waals surface area contributed by atoms with E-state index in [4.69, 9.17) is 10.5 Å². The predicted molar refractivity (Wildman–Crippen MR) is 80.8 cm³/mol. The molecule has 1 aliphatic rings. The van der Waals surface area contributed by atoms with Crippen molar-refractivity contribution in [3.63, 3.8) is 0 Å². The zero-order valence-corrected chi connectivity index (χ0v) is 12.4. The molecule has 4 heteroatoms. The summed E-state index contributed by atoms with van der Waals surface area (Å²) in [5, 5.41) is 0. The second-order valence-electron chi connectivity index (χ2n) is 5.49. The zero-order valence-electron chi connectivity index (χ0n) is 12.4. The predicted octanol–water partition coefficient (Wildman–Crippen LogP) is 3.32. The van der Waals surface area contributed by atoms with Crippen LogP contribution < -0.4 is 15.4 Å². The topological polar surface area (TPSA) is 38.5 Å². The fourth-order valence-electron chi connectivity index (χ4n) is 2.61. The van der Waals surface area contributed by atoms with Crippen molar-refractivity contribution in [2.24, 2.45) is 5.73 Å². The van der Waals surface area contributed by atoms with Gasteiger partial charge in [0.25, 0.3) is 0 Å². The second-order valence-corrected chi connectivity index (χ2v) is 5.49. The summed E-state index contributed by atoms with van der Waals surface area (Å²) >= 11 is 0. The van der Waals surface area contributed by atoms with Crippen molar-refractivity contribution in [1.82, 2.24) is 0 Å². The van der Waals surface area contributed by atoms with E-state index in [1.807, 2.05) is 12.1 Å². The third kappa shape index (κ3) is 3.63. The lowest BCUT2D eigenvalue weighted by molar-refractivity contribution is 0.192. The minimum atomic E-state index is -0.205. The first-order valence-electron chi connectivity index (χ1n) is 7.60. The van der Waals surface area contributed by atoms with Crippen LogP contribution in [0.25, 0.3) is 0 Å². The number of hydrogen-bond donors (Lipinski definition) is 1. The number of benzene rings is 1. The van der Waals surface area contributed by atoms with E-state index in [-0.39, 0.29) is 18.0 Å². The van der Waals surface area contributed by atoms with Crippen LogP contribution in [0.3, 0.4) is 0 Å². The summed E-state index contributed by atoms with van der Waals surface area (Å²) in [6, 6.07) is 5.45. The molecule has 1 aromatic rings. The van der Waals surface area contributed by atoms with Crippen molar-refractivity contribution in [2.45, 2.75) is 51.7 Å². The highest BCUT2D eigenvalue weighted by Gasteiger charge is 2.19. The van der Waals surface area contributed by atoms with Gasteiger partial charge in [-0.2, -0.15) is 0 Å². The average Bonchev–Trinajstić information content (AvgIpc) is 2.46. The largest absolute Gasteiger partial charge is 0.490 e. The van der Waals surface area contributed by atoms with Gasteiger partial charge in [-0.25, -0.2) is 4.39 Å². The average molecular weight is 280 g/mol. The van der Waals surface area contributed by atoms with Crippen LogP contribution in [0.4, 0.5) is 10.1 Å². The molecule has 112 valence electrons. The first-order valence-corrected chi connectivity index (χ1v) is 7.60. The van der Waals surface area contributed by atoms with E-state index >= 15 is 0 Å². The summed E-state index contributed by atoms with van der Waals surface area (Å²) < 4.78 is 20.0. The van der Waals surface area contributed by atoms with Gasteiger partial charge in [-0.05, 0) is 37.8 Å². The molecule has 1 aromatic carbocycles. The van der Waals surface area contributed by atoms with Crippen LogP contribution in [0.1, 0.15) is 39.5 Å². The van der Waals surface area contributed by atoms with Crippen molar-refractivity contribution >= 4 is 5.69 Å². The van der Waals surface area contributed by atoms with E-state index in [9.17, 15) is 4.39 Å². The first kappa shape index (κ1) is 15.1. The number of nitrogens with two attached hydrogens (primary N) is 1. The highest BCUT2D eigenvalue weighted by molar-refractivity contribution is 5.51. The molecule has 0 saturated carbocycles. The normalized spacial score (nSPS) is 16.8. The molecule has 0 spiro atoms. The molecule has 3 nitrogen and oxygen atoms in total. The van der Waals surface area contributed by atoms with Gasteiger partial charge in [0.05, 0.1) is 11.8 Å². The maximum absolute atomic E-state index is 14.2. The molecule has 1 fully saturated rings. The molecule has 0 amide bonds. The minimum absolute atomic E-state index is 0.160. The molecule has 1 aliphatic heterocycles. The van der Waals surface area contributed by atoms with E-state index in [0.717, 1.165) is 38.8 Å². The van der Waals surface area contributed by atoms with Gasteiger partial charge < -0.3 is 15.4 Å². The van der Waals surface area contributed by atoms with Crippen LogP contribution in [0.2, 0.25) is 0 Å². The van der Waals surface area contributed by atoms with Crippen LogP contribution in [0.5, 0.6) is 5.75 Å². The summed E-state index contributed by atoms with van der Waals surface area (Å²) in [6.45, 7) is 5.81. The van der Waals surface area contributed by atoms with Crippen LogP contribution in [-0.2, 0) is 0 Å². The van der Waals surface area contributed by atoms with Crippen molar-refractivity contribution < 1.29 is 9.13 Å². The van der Waals surface area contributed by atoms with Gasteiger partial charge in [0.1, 0.15) is 11.6 Å². The molecular weight excluding hydrogens is 255 g/mol. The number of ether oxygens (including phenoxy) is 1. The SMILES string of the molecule is CCC(CC)Oc1ccc(N2CCC(N)CC2)c(F)c1. The van der Waals surface area contributed by atoms with Crippen LogP contribution in [0, 0.1) is 5.82 Å². The third-order valence-corrected chi connectivity index (χ3v) is 4.01. The van der Waals surface area contributed by atoms with Crippen molar-refractivity contribution in [3.8, 4) is 5.75 Å². The van der Waals surface area contributed by atoms with Crippen molar-refractivity contribution in [1.29, 1.82) is 0 Å². The van der Waals surface area contributed by atoms with Crippen LogP contribution >= 0.6 is 0 Å². The van der Waals surface area contributed by atoms with E-state index < -0.39 is 0 Å². The highest BCUT2D eigenvalue weighted by atomic mass is 19.1. The highest BCUT2D eigenvalue weighted by Crippen LogP contribution is 2.27. The molecule has 20 heavy (non-hydrogen) atoms. The molecular formula is C16H25FN2O. The van der Waals surface area contributed by atoms with Crippen molar-refractivity contribution in [2.75, 3.05) is 18.0 Å². The Labute approximate surface area is 120 Å². The lowest BCUT2D eigenvalue weighted by Crippen LogP contribution is -2.40. The van der Waals surface area contributed by atoms with E-state index in [1.165, 1.54) is 6.07 Å².